The Balaban J connectivity index is 2.01. The Labute approximate surface area is 67.3 Å². The van der Waals surface area contributed by atoms with Gasteiger partial charge in [-0.1, -0.05) is 0 Å². The first-order valence-corrected chi connectivity index (χ1v) is 4.13. The van der Waals surface area contributed by atoms with E-state index in [0.29, 0.717) is 12.6 Å². The summed E-state index contributed by atoms with van der Waals surface area (Å²) in [4.78, 5) is 0. The van der Waals surface area contributed by atoms with Crippen molar-refractivity contribution in [3.63, 3.8) is 0 Å². The van der Waals surface area contributed by atoms with Crippen LogP contribution >= 0.6 is 0 Å². The summed E-state index contributed by atoms with van der Waals surface area (Å²) in [6, 6.07) is 2.04. The van der Waals surface area contributed by atoms with Gasteiger partial charge in [0.25, 0.3) is 0 Å². The summed E-state index contributed by atoms with van der Waals surface area (Å²) in [6.07, 6.45) is 3.93. The average Bonchev–Trinajstić information content (AvgIpc) is 2.07. The van der Waals surface area contributed by atoms with Crippen LogP contribution in [0.25, 0.3) is 0 Å². The fraction of sp³-hybridized carbons (Fsp3) is 0.875. The highest BCUT2D eigenvalue weighted by molar-refractivity contribution is 4.75. The SMILES string of the molecule is N#CCNCC1CCCCO1. The zero-order chi connectivity index (χ0) is 7.94. The second-order valence-electron chi connectivity index (χ2n) is 2.78. The molecule has 1 aliphatic heterocycles. The zero-order valence-electron chi connectivity index (χ0n) is 6.68. The van der Waals surface area contributed by atoms with Crippen molar-refractivity contribution in [2.24, 2.45) is 0 Å². The third kappa shape index (κ3) is 3.35. The maximum atomic E-state index is 8.24. The monoisotopic (exact) mass is 154 g/mol. The fourth-order valence-electron chi connectivity index (χ4n) is 1.26. The van der Waals surface area contributed by atoms with Crippen molar-refractivity contribution in [2.75, 3.05) is 19.7 Å². The van der Waals surface area contributed by atoms with Crippen molar-refractivity contribution in [1.29, 1.82) is 5.26 Å². The van der Waals surface area contributed by atoms with Crippen LogP contribution in [-0.2, 0) is 4.74 Å². The van der Waals surface area contributed by atoms with Crippen LogP contribution in [-0.4, -0.2) is 25.8 Å². The Kier molecular flexibility index (Phi) is 3.95. The smallest absolute Gasteiger partial charge is 0.0841 e. The van der Waals surface area contributed by atoms with Crippen LogP contribution in [0.2, 0.25) is 0 Å². The average molecular weight is 154 g/mol. The first-order valence-electron chi connectivity index (χ1n) is 4.13. The first kappa shape index (κ1) is 8.51. The van der Waals surface area contributed by atoms with Gasteiger partial charge in [-0.25, -0.2) is 0 Å². The van der Waals surface area contributed by atoms with Crippen LogP contribution in [0.4, 0.5) is 0 Å². The van der Waals surface area contributed by atoms with Crippen molar-refractivity contribution in [3.8, 4) is 6.07 Å². The normalized spacial score (nSPS) is 24.5. The molecular formula is C8H14N2O. The molecule has 1 unspecified atom stereocenters. The van der Waals surface area contributed by atoms with Crippen LogP contribution in [0.5, 0.6) is 0 Å². The minimum atomic E-state index is 0.345. The maximum absolute atomic E-state index is 8.24. The molecule has 1 fully saturated rings. The van der Waals surface area contributed by atoms with Gasteiger partial charge in [0.15, 0.2) is 0 Å². The molecule has 1 saturated heterocycles. The number of nitrogens with one attached hydrogen (secondary N) is 1. The predicted octanol–water partition coefficient (Wildman–Crippen LogP) is 0.669. The van der Waals surface area contributed by atoms with Gasteiger partial charge in [-0.2, -0.15) is 5.26 Å². The van der Waals surface area contributed by atoms with Gasteiger partial charge in [0.1, 0.15) is 0 Å². The first-order chi connectivity index (χ1) is 5.43. The summed E-state index contributed by atoms with van der Waals surface area (Å²) >= 11 is 0. The lowest BCUT2D eigenvalue weighted by Crippen LogP contribution is -2.31. The molecule has 3 nitrogen and oxygen atoms in total. The maximum Gasteiger partial charge on any atom is 0.0841 e. The van der Waals surface area contributed by atoms with E-state index in [1.807, 2.05) is 6.07 Å². The highest BCUT2D eigenvalue weighted by atomic mass is 16.5. The Hall–Kier alpha value is -0.590. The molecule has 0 bridgehead atoms. The summed E-state index contributed by atoms with van der Waals surface area (Å²) in [5.74, 6) is 0. The predicted molar refractivity (Wildman–Crippen MR) is 42.1 cm³/mol. The number of hydrogen-bond acceptors (Lipinski definition) is 3. The van der Waals surface area contributed by atoms with Gasteiger partial charge >= 0.3 is 0 Å². The Morgan fingerprint density at radius 2 is 2.45 bits per heavy atom. The lowest BCUT2D eigenvalue weighted by molar-refractivity contribution is 0.0176. The molecular weight excluding hydrogens is 140 g/mol. The number of nitrogens with zero attached hydrogens (tertiary/aromatic N) is 1. The van der Waals surface area contributed by atoms with E-state index in [1.165, 1.54) is 12.8 Å². The van der Waals surface area contributed by atoms with Crippen LogP contribution in [0.15, 0.2) is 0 Å². The lowest BCUT2D eigenvalue weighted by Gasteiger charge is -2.22. The summed E-state index contributed by atoms with van der Waals surface area (Å²) in [5, 5.41) is 11.3. The zero-order valence-corrected chi connectivity index (χ0v) is 6.68. The molecule has 1 aliphatic rings. The van der Waals surface area contributed by atoms with E-state index >= 15 is 0 Å². The van der Waals surface area contributed by atoms with Gasteiger partial charge in [0.05, 0.1) is 18.7 Å². The molecule has 0 amide bonds. The fourth-order valence-corrected chi connectivity index (χ4v) is 1.26. The van der Waals surface area contributed by atoms with Crippen molar-refractivity contribution in [2.45, 2.75) is 25.4 Å². The van der Waals surface area contributed by atoms with E-state index in [1.54, 1.807) is 0 Å². The van der Waals surface area contributed by atoms with Crippen LogP contribution in [0.3, 0.4) is 0 Å². The molecule has 62 valence electrons. The van der Waals surface area contributed by atoms with E-state index in [0.717, 1.165) is 19.6 Å². The summed E-state index contributed by atoms with van der Waals surface area (Å²) in [5.41, 5.74) is 0. The molecule has 0 spiro atoms. The second-order valence-corrected chi connectivity index (χ2v) is 2.78. The van der Waals surface area contributed by atoms with Gasteiger partial charge in [0, 0.05) is 13.2 Å². The van der Waals surface area contributed by atoms with E-state index < -0.39 is 0 Å². The Bertz CT molecular complexity index is 136. The topological polar surface area (TPSA) is 45.0 Å². The molecule has 0 aromatic carbocycles. The Morgan fingerprint density at radius 1 is 1.55 bits per heavy atom. The van der Waals surface area contributed by atoms with E-state index in [9.17, 15) is 0 Å². The van der Waals surface area contributed by atoms with Gasteiger partial charge in [-0.15, -0.1) is 0 Å². The highest BCUT2D eigenvalue weighted by Crippen LogP contribution is 2.11. The molecule has 0 aliphatic carbocycles. The molecule has 1 N–H and O–H groups in total. The summed E-state index contributed by atoms with van der Waals surface area (Å²) in [7, 11) is 0. The standard InChI is InChI=1S/C8H14N2O/c9-4-5-10-7-8-3-1-2-6-11-8/h8,10H,1-3,5-7H2. The van der Waals surface area contributed by atoms with E-state index in [-0.39, 0.29) is 0 Å². The number of hydrogen-bond donors (Lipinski definition) is 1. The van der Waals surface area contributed by atoms with Crippen molar-refractivity contribution < 1.29 is 4.74 Å². The molecule has 0 saturated carbocycles. The van der Waals surface area contributed by atoms with Gasteiger partial charge < -0.3 is 10.1 Å². The van der Waals surface area contributed by atoms with Gasteiger partial charge in [0.2, 0.25) is 0 Å². The third-order valence-corrected chi connectivity index (χ3v) is 1.85. The van der Waals surface area contributed by atoms with E-state index in [2.05, 4.69) is 5.32 Å². The van der Waals surface area contributed by atoms with Gasteiger partial charge in [-0.05, 0) is 19.3 Å². The largest absolute Gasteiger partial charge is 0.377 e. The number of ether oxygens (including phenoxy) is 1. The van der Waals surface area contributed by atoms with Crippen molar-refractivity contribution in [3.05, 3.63) is 0 Å². The molecule has 0 aromatic rings. The second kappa shape index (κ2) is 5.11. The molecule has 11 heavy (non-hydrogen) atoms. The molecule has 0 radical (unpaired) electrons. The quantitative estimate of drug-likeness (QED) is 0.480. The van der Waals surface area contributed by atoms with Crippen LogP contribution in [0.1, 0.15) is 19.3 Å². The molecule has 3 heteroatoms. The molecule has 1 atom stereocenters. The lowest BCUT2D eigenvalue weighted by atomic mass is 10.1. The minimum Gasteiger partial charge on any atom is -0.377 e. The van der Waals surface area contributed by atoms with Crippen LogP contribution in [0, 0.1) is 11.3 Å². The molecule has 0 aromatic heterocycles. The molecule has 1 heterocycles. The van der Waals surface area contributed by atoms with Crippen molar-refractivity contribution in [1.82, 2.24) is 5.32 Å². The Morgan fingerprint density at radius 3 is 3.09 bits per heavy atom. The highest BCUT2D eigenvalue weighted by Gasteiger charge is 2.12. The number of rotatable bonds is 3. The van der Waals surface area contributed by atoms with Crippen LogP contribution < -0.4 is 5.32 Å². The molecule has 1 rings (SSSR count). The van der Waals surface area contributed by atoms with Gasteiger partial charge in [-0.3, -0.25) is 0 Å². The number of nitriles is 1. The summed E-state index contributed by atoms with van der Waals surface area (Å²) in [6.45, 7) is 2.15. The third-order valence-electron chi connectivity index (χ3n) is 1.85. The van der Waals surface area contributed by atoms with E-state index in [4.69, 9.17) is 10.00 Å². The minimum absolute atomic E-state index is 0.345. The van der Waals surface area contributed by atoms with Crippen molar-refractivity contribution >= 4 is 0 Å². The summed E-state index contributed by atoms with van der Waals surface area (Å²) < 4.78 is 5.45.